The molecule has 0 saturated heterocycles. The topological polar surface area (TPSA) is 80.6 Å². The van der Waals surface area contributed by atoms with Crippen molar-refractivity contribution >= 4 is 5.97 Å². The van der Waals surface area contributed by atoms with Gasteiger partial charge in [-0.1, -0.05) is 77.6 Å². The van der Waals surface area contributed by atoms with Crippen molar-refractivity contribution in [3.8, 4) is 0 Å². The van der Waals surface area contributed by atoms with Gasteiger partial charge in [0.2, 0.25) is 5.79 Å². The number of hydrogen-bond donors (Lipinski definition) is 2. The van der Waals surface area contributed by atoms with E-state index in [4.69, 9.17) is 0 Å². The van der Waals surface area contributed by atoms with E-state index < -0.39 is 17.8 Å². The van der Waals surface area contributed by atoms with Crippen LogP contribution in [0.5, 0.6) is 0 Å². The first-order valence-electron chi connectivity index (χ1n) is 10.1. The molecule has 0 aliphatic rings. The number of nitrogens with zero attached hydrogens (tertiary/aromatic N) is 1. The molecule has 150 valence electrons. The maximum Gasteiger partial charge on any atom is 0.222 e. The smallest absolute Gasteiger partial charge is 0.222 e. The van der Waals surface area contributed by atoms with Crippen LogP contribution in [0.25, 0.3) is 0 Å². The first-order valence-corrected chi connectivity index (χ1v) is 10.1. The maximum atomic E-state index is 11.3. The van der Waals surface area contributed by atoms with Crippen LogP contribution in [-0.2, 0) is 4.79 Å². The average molecular weight is 360 g/mol. The fourth-order valence-electron chi connectivity index (χ4n) is 3.49. The number of unbranched alkanes of at least 4 members (excludes halogenated alkanes) is 11. The Kier molecular flexibility index (Phi) is 12.3. The number of carboxylic acids is 1. The lowest BCUT2D eigenvalue weighted by molar-refractivity contribution is -0.901. The highest BCUT2D eigenvalue weighted by Gasteiger charge is 2.44. The summed E-state index contributed by atoms with van der Waals surface area (Å²) in [5, 5.41) is 31.6. The molecule has 0 radical (unpaired) electrons. The van der Waals surface area contributed by atoms with Crippen LogP contribution in [0.15, 0.2) is 0 Å². The lowest BCUT2D eigenvalue weighted by Gasteiger charge is -2.41. The van der Waals surface area contributed by atoms with Crippen molar-refractivity contribution in [3.05, 3.63) is 0 Å². The number of aliphatic carboxylic acids is 1. The minimum Gasteiger partial charge on any atom is -0.544 e. The van der Waals surface area contributed by atoms with Gasteiger partial charge >= 0.3 is 0 Å². The monoisotopic (exact) mass is 359 g/mol. The van der Waals surface area contributed by atoms with E-state index in [0.717, 1.165) is 19.3 Å². The summed E-state index contributed by atoms with van der Waals surface area (Å²) in [6.07, 6.45) is 14.3. The van der Waals surface area contributed by atoms with Gasteiger partial charge in [-0.3, -0.25) is 0 Å². The summed E-state index contributed by atoms with van der Waals surface area (Å²) in [5.74, 6) is -3.65. The lowest BCUT2D eigenvalue weighted by Crippen LogP contribution is -2.66. The lowest BCUT2D eigenvalue weighted by atomic mass is 9.97. The maximum absolute atomic E-state index is 11.3. The normalized spacial score (nSPS) is 13.8. The Morgan fingerprint density at radius 2 is 1.20 bits per heavy atom. The highest BCUT2D eigenvalue weighted by atomic mass is 16.5. The number of carboxylic acid groups (broad SMARTS) is 1. The van der Waals surface area contributed by atoms with Gasteiger partial charge in [-0.2, -0.15) is 0 Å². The molecule has 1 atom stereocenters. The molecule has 0 bridgehead atoms. The largest absolute Gasteiger partial charge is 0.544 e. The standard InChI is InChI=1S/C20H41NO4/c1-5-6-7-8-9-10-11-12-13-14-15-16-17-20(24,25)18(19(22)23)21(2,3)4/h18,24-25H,5-17H2,1-4H3. The molecule has 1 unspecified atom stereocenters. The second-order valence-electron chi connectivity index (χ2n) is 8.36. The number of rotatable bonds is 16. The zero-order valence-corrected chi connectivity index (χ0v) is 16.9. The first-order chi connectivity index (χ1) is 11.6. The Labute approximate surface area is 154 Å². The molecule has 0 aliphatic carbocycles. The number of carbonyl (C=O) groups excluding carboxylic acids is 1. The Hall–Kier alpha value is -0.650. The molecule has 0 spiro atoms. The molecule has 5 nitrogen and oxygen atoms in total. The van der Waals surface area contributed by atoms with E-state index in [1.54, 1.807) is 21.1 Å². The molecule has 0 aliphatic heterocycles. The average Bonchev–Trinajstić information content (AvgIpc) is 2.45. The van der Waals surface area contributed by atoms with Crippen LogP contribution in [0.3, 0.4) is 0 Å². The van der Waals surface area contributed by atoms with Crippen LogP contribution >= 0.6 is 0 Å². The molecule has 0 fully saturated rings. The number of likely N-dealkylation sites (N-methyl/N-ethyl adjacent to an activating group) is 1. The Morgan fingerprint density at radius 1 is 0.840 bits per heavy atom. The number of quaternary nitrogens is 1. The summed E-state index contributed by atoms with van der Waals surface area (Å²) >= 11 is 0. The zero-order chi connectivity index (χ0) is 19.3. The number of hydrogen-bond acceptors (Lipinski definition) is 4. The van der Waals surface area contributed by atoms with Gasteiger partial charge in [-0.15, -0.1) is 0 Å². The Balaban J connectivity index is 3.78. The van der Waals surface area contributed by atoms with E-state index in [2.05, 4.69) is 6.92 Å². The molecule has 0 saturated carbocycles. The number of aliphatic hydroxyl groups is 2. The molecule has 0 aromatic heterocycles. The quantitative estimate of drug-likeness (QED) is 0.252. The van der Waals surface area contributed by atoms with E-state index >= 15 is 0 Å². The van der Waals surface area contributed by atoms with Gasteiger partial charge in [0.1, 0.15) is 5.97 Å². The van der Waals surface area contributed by atoms with Crippen molar-refractivity contribution in [2.75, 3.05) is 21.1 Å². The summed E-state index contributed by atoms with van der Waals surface area (Å²) < 4.78 is -0.0758. The van der Waals surface area contributed by atoms with E-state index in [1.807, 2.05) is 0 Å². The molecule has 0 rings (SSSR count). The van der Waals surface area contributed by atoms with Gasteiger partial charge in [-0.05, 0) is 6.42 Å². The Morgan fingerprint density at radius 3 is 1.52 bits per heavy atom. The van der Waals surface area contributed by atoms with Crippen molar-refractivity contribution in [3.63, 3.8) is 0 Å². The molecule has 25 heavy (non-hydrogen) atoms. The molecular formula is C20H41NO4. The third-order valence-electron chi connectivity index (χ3n) is 4.83. The third-order valence-corrected chi connectivity index (χ3v) is 4.83. The van der Waals surface area contributed by atoms with Crippen molar-refractivity contribution < 1.29 is 24.6 Å². The van der Waals surface area contributed by atoms with Crippen molar-refractivity contribution in [2.45, 2.75) is 102 Å². The highest BCUT2D eigenvalue weighted by Crippen LogP contribution is 2.23. The van der Waals surface area contributed by atoms with Crippen molar-refractivity contribution in [2.24, 2.45) is 0 Å². The van der Waals surface area contributed by atoms with Crippen LogP contribution in [0.2, 0.25) is 0 Å². The third kappa shape index (κ3) is 11.6. The van der Waals surface area contributed by atoms with Crippen molar-refractivity contribution in [1.29, 1.82) is 0 Å². The summed E-state index contributed by atoms with van der Waals surface area (Å²) in [7, 11) is 4.89. The van der Waals surface area contributed by atoms with Crippen molar-refractivity contribution in [1.82, 2.24) is 0 Å². The van der Waals surface area contributed by atoms with Crippen LogP contribution in [0, 0.1) is 0 Å². The minimum absolute atomic E-state index is 0.0681. The minimum atomic E-state index is -2.23. The molecule has 0 amide bonds. The van der Waals surface area contributed by atoms with Crippen LogP contribution in [0.1, 0.15) is 90.4 Å². The fraction of sp³-hybridized carbons (Fsp3) is 0.950. The molecule has 2 N–H and O–H groups in total. The second kappa shape index (κ2) is 12.7. The van der Waals surface area contributed by atoms with E-state index in [0.29, 0.717) is 6.42 Å². The van der Waals surface area contributed by atoms with E-state index in [1.165, 1.54) is 51.4 Å². The molecule has 5 heteroatoms. The van der Waals surface area contributed by atoms with Gasteiger partial charge in [0, 0.05) is 6.42 Å². The van der Waals surface area contributed by atoms with E-state index in [-0.39, 0.29) is 10.9 Å². The summed E-state index contributed by atoms with van der Waals surface area (Å²) in [6, 6.07) is -1.35. The fourth-order valence-corrected chi connectivity index (χ4v) is 3.49. The van der Waals surface area contributed by atoms with Gasteiger partial charge in [-0.25, -0.2) is 0 Å². The van der Waals surface area contributed by atoms with Crippen LogP contribution < -0.4 is 5.11 Å². The summed E-state index contributed by atoms with van der Waals surface area (Å²) in [4.78, 5) is 11.3. The predicted octanol–water partition coefficient (Wildman–Crippen LogP) is 2.58. The summed E-state index contributed by atoms with van der Waals surface area (Å²) in [6.45, 7) is 2.23. The molecule has 0 heterocycles. The molecule has 0 aromatic carbocycles. The SMILES string of the molecule is CCCCCCCCCCCCCCC(O)(O)C(C(=O)[O-])[N+](C)(C)C. The summed E-state index contributed by atoms with van der Waals surface area (Å²) in [5.41, 5.74) is 0. The van der Waals surface area contributed by atoms with E-state index in [9.17, 15) is 20.1 Å². The zero-order valence-electron chi connectivity index (χ0n) is 16.9. The Bertz CT molecular complexity index is 350. The predicted molar refractivity (Wildman–Crippen MR) is 99.7 cm³/mol. The number of carbonyl (C=O) groups is 1. The van der Waals surface area contributed by atoms with Gasteiger partial charge in [0.25, 0.3) is 0 Å². The van der Waals surface area contributed by atoms with Gasteiger partial charge in [0.05, 0.1) is 21.1 Å². The van der Waals surface area contributed by atoms with Gasteiger partial charge in [0.15, 0.2) is 6.04 Å². The van der Waals surface area contributed by atoms with Crippen LogP contribution in [-0.4, -0.2) is 53.6 Å². The second-order valence-corrected chi connectivity index (χ2v) is 8.36. The first kappa shape index (κ1) is 24.4. The van der Waals surface area contributed by atoms with Crippen LogP contribution in [0.4, 0.5) is 0 Å². The molecule has 0 aromatic rings. The van der Waals surface area contributed by atoms with Gasteiger partial charge < -0.3 is 24.6 Å². The highest BCUT2D eigenvalue weighted by molar-refractivity contribution is 5.71. The molecular weight excluding hydrogens is 318 g/mol.